The number of carbonyl (C=O) groups excluding carboxylic acids is 1. The van der Waals surface area contributed by atoms with Crippen LogP contribution in [0.4, 0.5) is 0 Å². The van der Waals surface area contributed by atoms with E-state index < -0.39 is 0 Å². The molecule has 92 valence electrons. The summed E-state index contributed by atoms with van der Waals surface area (Å²) in [6.45, 7) is 1.83. The van der Waals surface area contributed by atoms with Crippen LogP contribution in [-0.2, 0) is 0 Å². The summed E-state index contributed by atoms with van der Waals surface area (Å²) in [5, 5.41) is 7.14. The van der Waals surface area contributed by atoms with Gasteiger partial charge in [0.1, 0.15) is 0 Å². The van der Waals surface area contributed by atoms with Crippen molar-refractivity contribution in [1.82, 2.24) is 10.6 Å². The van der Waals surface area contributed by atoms with Gasteiger partial charge in [-0.3, -0.25) is 4.79 Å². The van der Waals surface area contributed by atoms with Gasteiger partial charge in [-0.05, 0) is 37.6 Å². The monoisotopic (exact) mass is 272 g/mol. The molecule has 1 aliphatic rings. The lowest BCUT2D eigenvalue weighted by Gasteiger charge is -2.24. The van der Waals surface area contributed by atoms with Gasteiger partial charge in [-0.25, -0.2) is 0 Å². The second-order valence-electron chi connectivity index (χ2n) is 4.14. The third kappa shape index (κ3) is 3.35. The molecule has 0 radical (unpaired) electrons. The van der Waals surface area contributed by atoms with Crippen LogP contribution in [0.3, 0.4) is 0 Å². The molecule has 1 atom stereocenters. The first-order valence-electron chi connectivity index (χ1n) is 5.63. The molecule has 17 heavy (non-hydrogen) atoms. The number of hydrogen-bond donors (Lipinski definition) is 2. The maximum Gasteiger partial charge on any atom is 0.253 e. The third-order valence-electron chi connectivity index (χ3n) is 2.81. The molecule has 1 aromatic carbocycles. The molecule has 1 aromatic rings. The lowest BCUT2D eigenvalue weighted by molar-refractivity contribution is 0.0931. The standard InChI is InChI=1S/C12H14Cl2N2O/c13-8-3-4-11(14)10(6-8)12(17)16-9-2-1-5-15-7-9/h3-4,6,9,15H,1-2,5,7H2,(H,16,17). The highest BCUT2D eigenvalue weighted by Crippen LogP contribution is 2.20. The second kappa shape index (κ2) is 5.71. The molecule has 1 fully saturated rings. The Kier molecular flexibility index (Phi) is 4.26. The molecule has 0 saturated carbocycles. The first-order valence-corrected chi connectivity index (χ1v) is 6.39. The quantitative estimate of drug-likeness (QED) is 0.869. The number of carbonyl (C=O) groups is 1. The Morgan fingerprint density at radius 2 is 2.24 bits per heavy atom. The van der Waals surface area contributed by atoms with Crippen LogP contribution in [0.5, 0.6) is 0 Å². The van der Waals surface area contributed by atoms with Crippen molar-refractivity contribution in [1.29, 1.82) is 0 Å². The zero-order chi connectivity index (χ0) is 12.3. The average Bonchev–Trinajstić information content (AvgIpc) is 2.33. The van der Waals surface area contributed by atoms with Crippen molar-refractivity contribution in [2.45, 2.75) is 18.9 Å². The van der Waals surface area contributed by atoms with Crippen LogP contribution < -0.4 is 10.6 Å². The topological polar surface area (TPSA) is 41.1 Å². The number of piperidine rings is 1. The Morgan fingerprint density at radius 1 is 1.41 bits per heavy atom. The van der Waals surface area contributed by atoms with Gasteiger partial charge < -0.3 is 10.6 Å². The smallest absolute Gasteiger partial charge is 0.253 e. The molecule has 1 amide bonds. The normalized spacial score (nSPS) is 20.0. The first-order chi connectivity index (χ1) is 8.16. The number of halogens is 2. The average molecular weight is 273 g/mol. The van der Waals surface area contributed by atoms with Gasteiger partial charge in [0.15, 0.2) is 0 Å². The van der Waals surface area contributed by atoms with E-state index in [1.54, 1.807) is 18.2 Å². The Morgan fingerprint density at radius 3 is 2.94 bits per heavy atom. The number of amides is 1. The molecule has 0 aromatic heterocycles. The maximum atomic E-state index is 12.0. The predicted octanol–water partition coefficient (Wildman–Crippen LogP) is 2.48. The summed E-state index contributed by atoms with van der Waals surface area (Å²) in [6.07, 6.45) is 2.07. The van der Waals surface area contributed by atoms with Gasteiger partial charge in [0.05, 0.1) is 10.6 Å². The predicted molar refractivity (Wildman–Crippen MR) is 69.8 cm³/mol. The molecule has 3 nitrogen and oxygen atoms in total. The van der Waals surface area contributed by atoms with Crippen LogP contribution in [0.25, 0.3) is 0 Å². The van der Waals surface area contributed by atoms with E-state index in [0.29, 0.717) is 15.6 Å². The van der Waals surface area contributed by atoms with Crippen molar-refractivity contribution in [3.63, 3.8) is 0 Å². The van der Waals surface area contributed by atoms with Crippen LogP contribution in [0.2, 0.25) is 10.0 Å². The van der Waals surface area contributed by atoms with Gasteiger partial charge in [-0.15, -0.1) is 0 Å². The molecule has 0 spiro atoms. The highest BCUT2D eigenvalue weighted by Gasteiger charge is 2.18. The van der Waals surface area contributed by atoms with Crippen LogP contribution in [-0.4, -0.2) is 25.0 Å². The lowest BCUT2D eigenvalue weighted by Crippen LogP contribution is -2.45. The Balaban J connectivity index is 2.05. The van der Waals surface area contributed by atoms with Gasteiger partial charge in [-0.1, -0.05) is 23.2 Å². The summed E-state index contributed by atoms with van der Waals surface area (Å²) >= 11 is 11.8. The maximum absolute atomic E-state index is 12.0. The molecule has 1 saturated heterocycles. The second-order valence-corrected chi connectivity index (χ2v) is 4.98. The Hall–Kier alpha value is -0.770. The van der Waals surface area contributed by atoms with Crippen molar-refractivity contribution >= 4 is 29.1 Å². The van der Waals surface area contributed by atoms with Crippen LogP contribution in [0.15, 0.2) is 18.2 Å². The van der Waals surface area contributed by atoms with E-state index in [2.05, 4.69) is 10.6 Å². The molecule has 5 heteroatoms. The molecule has 0 bridgehead atoms. The van der Waals surface area contributed by atoms with Crippen molar-refractivity contribution < 1.29 is 4.79 Å². The Labute approximate surface area is 110 Å². The molecular formula is C12H14Cl2N2O. The summed E-state index contributed by atoms with van der Waals surface area (Å²) < 4.78 is 0. The molecule has 1 aliphatic heterocycles. The lowest BCUT2D eigenvalue weighted by atomic mass is 10.1. The summed E-state index contributed by atoms with van der Waals surface area (Å²) in [6, 6.07) is 5.07. The molecule has 2 N–H and O–H groups in total. The van der Waals surface area contributed by atoms with Crippen LogP contribution in [0.1, 0.15) is 23.2 Å². The number of nitrogens with one attached hydrogen (secondary N) is 2. The van der Waals surface area contributed by atoms with Crippen molar-refractivity contribution in [2.75, 3.05) is 13.1 Å². The van der Waals surface area contributed by atoms with E-state index in [4.69, 9.17) is 23.2 Å². The van der Waals surface area contributed by atoms with Crippen molar-refractivity contribution in [3.8, 4) is 0 Å². The van der Waals surface area contributed by atoms with Crippen LogP contribution in [0, 0.1) is 0 Å². The summed E-state index contributed by atoms with van der Waals surface area (Å²) in [7, 11) is 0. The van der Waals surface area contributed by atoms with Crippen molar-refractivity contribution in [3.05, 3.63) is 33.8 Å². The highest BCUT2D eigenvalue weighted by atomic mass is 35.5. The number of hydrogen-bond acceptors (Lipinski definition) is 2. The number of benzene rings is 1. The zero-order valence-corrected chi connectivity index (χ0v) is 10.8. The molecule has 1 unspecified atom stereocenters. The minimum absolute atomic E-state index is 0.161. The fourth-order valence-electron chi connectivity index (χ4n) is 1.91. The van der Waals surface area contributed by atoms with E-state index >= 15 is 0 Å². The largest absolute Gasteiger partial charge is 0.348 e. The molecular weight excluding hydrogens is 259 g/mol. The first kappa shape index (κ1) is 12.7. The van der Waals surface area contributed by atoms with E-state index in [0.717, 1.165) is 25.9 Å². The third-order valence-corrected chi connectivity index (χ3v) is 3.37. The fraction of sp³-hybridized carbons (Fsp3) is 0.417. The molecule has 2 rings (SSSR count). The molecule has 0 aliphatic carbocycles. The van der Waals surface area contributed by atoms with Crippen molar-refractivity contribution in [2.24, 2.45) is 0 Å². The van der Waals surface area contributed by atoms with E-state index in [9.17, 15) is 4.79 Å². The van der Waals surface area contributed by atoms with Crippen LogP contribution >= 0.6 is 23.2 Å². The fourth-order valence-corrected chi connectivity index (χ4v) is 2.29. The summed E-state index contributed by atoms with van der Waals surface area (Å²) in [4.78, 5) is 12.0. The minimum Gasteiger partial charge on any atom is -0.348 e. The van der Waals surface area contributed by atoms with Gasteiger partial charge in [-0.2, -0.15) is 0 Å². The number of rotatable bonds is 2. The van der Waals surface area contributed by atoms with Gasteiger partial charge in [0.25, 0.3) is 5.91 Å². The highest BCUT2D eigenvalue weighted by molar-refractivity contribution is 6.35. The van der Waals surface area contributed by atoms with E-state index in [1.165, 1.54) is 0 Å². The minimum atomic E-state index is -0.161. The van der Waals surface area contributed by atoms with Gasteiger partial charge in [0, 0.05) is 17.6 Å². The zero-order valence-electron chi connectivity index (χ0n) is 9.30. The van der Waals surface area contributed by atoms with Gasteiger partial charge in [0.2, 0.25) is 0 Å². The summed E-state index contributed by atoms with van der Waals surface area (Å²) in [5.41, 5.74) is 0.435. The SMILES string of the molecule is O=C(NC1CCCNC1)c1cc(Cl)ccc1Cl. The molecule has 1 heterocycles. The van der Waals surface area contributed by atoms with E-state index in [1.807, 2.05) is 0 Å². The Bertz CT molecular complexity index is 417. The van der Waals surface area contributed by atoms with E-state index in [-0.39, 0.29) is 11.9 Å². The summed E-state index contributed by atoms with van der Waals surface area (Å²) in [5.74, 6) is -0.161. The van der Waals surface area contributed by atoms with Gasteiger partial charge >= 0.3 is 0 Å².